The maximum Gasteiger partial charge on any atom is 0.440 e. The van der Waals surface area contributed by atoms with Crippen molar-refractivity contribution in [2.45, 2.75) is 156 Å². The van der Waals surface area contributed by atoms with Crippen LogP contribution < -0.4 is 5.48 Å². The molecule has 2 N–H and O–H groups in total. The SMILES string of the molecule is CCCCCCCCCC(=O)ON(CCCC)C(=O)O.CCCCCCCCCC(=O)ONCCCC. The second-order valence-corrected chi connectivity index (χ2v) is 9.67. The summed E-state index contributed by atoms with van der Waals surface area (Å²) in [5.74, 6) is -0.563. The number of carbonyl (C=O) groups excluding carboxylic acids is 2. The molecule has 0 bridgehead atoms. The number of amides is 1. The van der Waals surface area contributed by atoms with E-state index < -0.39 is 12.1 Å². The molecule has 0 aromatic carbocycles. The van der Waals surface area contributed by atoms with E-state index in [1.54, 1.807) is 0 Å². The summed E-state index contributed by atoms with van der Waals surface area (Å²) in [4.78, 5) is 43.4. The summed E-state index contributed by atoms with van der Waals surface area (Å²) >= 11 is 0. The van der Waals surface area contributed by atoms with Gasteiger partial charge in [0.05, 0.1) is 6.54 Å². The molecule has 0 aromatic rings. The molecular formula is C29H58N2O6. The third-order valence-electron chi connectivity index (χ3n) is 5.93. The standard InChI is InChI=1S/C15H29NO4.C14H29NO2/c1-3-5-7-8-9-10-11-12-14(17)20-16(15(18)19)13-6-4-2;1-3-5-7-8-9-10-11-12-14(16)17-15-13-6-4-2/h3-13H2,1-2H3,(H,18,19);15H,3-13H2,1-2H3. The average Bonchev–Trinajstić information content (AvgIpc) is 2.88. The molecule has 220 valence electrons. The van der Waals surface area contributed by atoms with Gasteiger partial charge in [0.2, 0.25) is 0 Å². The van der Waals surface area contributed by atoms with Gasteiger partial charge >= 0.3 is 18.0 Å². The number of carbonyl (C=O) groups is 3. The lowest BCUT2D eigenvalue weighted by molar-refractivity contribution is -0.180. The second-order valence-electron chi connectivity index (χ2n) is 9.67. The van der Waals surface area contributed by atoms with Crippen molar-refractivity contribution in [1.82, 2.24) is 10.5 Å². The fourth-order valence-electron chi connectivity index (χ4n) is 3.53. The Morgan fingerprint density at radius 1 is 0.595 bits per heavy atom. The van der Waals surface area contributed by atoms with Crippen molar-refractivity contribution in [3.8, 4) is 0 Å². The van der Waals surface area contributed by atoms with Crippen LogP contribution in [0.2, 0.25) is 0 Å². The van der Waals surface area contributed by atoms with Crippen molar-refractivity contribution in [3.05, 3.63) is 0 Å². The Balaban J connectivity index is 0. The molecule has 8 nitrogen and oxygen atoms in total. The second kappa shape index (κ2) is 30.4. The van der Waals surface area contributed by atoms with Crippen LogP contribution in [0.4, 0.5) is 4.79 Å². The van der Waals surface area contributed by atoms with E-state index in [2.05, 4.69) is 26.3 Å². The van der Waals surface area contributed by atoms with Crippen LogP contribution in [0.3, 0.4) is 0 Å². The molecule has 0 saturated heterocycles. The summed E-state index contributed by atoms with van der Waals surface area (Å²) in [6, 6.07) is 0. The number of hydroxylamine groups is 3. The zero-order chi connectivity index (χ0) is 28.0. The van der Waals surface area contributed by atoms with Crippen molar-refractivity contribution in [1.29, 1.82) is 0 Å². The topological polar surface area (TPSA) is 105 Å². The predicted octanol–water partition coefficient (Wildman–Crippen LogP) is 8.34. The number of rotatable bonds is 23. The van der Waals surface area contributed by atoms with Crippen LogP contribution in [0.1, 0.15) is 156 Å². The first kappa shape index (κ1) is 37.3. The van der Waals surface area contributed by atoms with E-state index in [4.69, 9.17) is 14.8 Å². The van der Waals surface area contributed by atoms with Gasteiger partial charge < -0.3 is 14.8 Å². The first-order valence-electron chi connectivity index (χ1n) is 15.1. The predicted molar refractivity (Wildman–Crippen MR) is 150 cm³/mol. The van der Waals surface area contributed by atoms with Crippen LogP contribution in [0.15, 0.2) is 0 Å². The van der Waals surface area contributed by atoms with Gasteiger partial charge in [-0.05, 0) is 25.7 Å². The summed E-state index contributed by atoms with van der Waals surface area (Å²) in [6.07, 6.45) is 19.8. The number of nitrogens with zero attached hydrogens (tertiary/aromatic N) is 1. The molecule has 0 spiro atoms. The van der Waals surface area contributed by atoms with E-state index in [0.29, 0.717) is 19.3 Å². The van der Waals surface area contributed by atoms with Crippen LogP contribution in [0.25, 0.3) is 0 Å². The molecule has 8 heteroatoms. The zero-order valence-corrected chi connectivity index (χ0v) is 24.5. The highest BCUT2D eigenvalue weighted by atomic mass is 16.7. The Morgan fingerprint density at radius 2 is 1.03 bits per heavy atom. The third-order valence-corrected chi connectivity index (χ3v) is 5.93. The fraction of sp³-hybridized carbons (Fsp3) is 0.897. The van der Waals surface area contributed by atoms with Crippen LogP contribution in [-0.2, 0) is 19.3 Å². The maximum atomic E-state index is 11.5. The van der Waals surface area contributed by atoms with Gasteiger partial charge in [-0.1, -0.05) is 118 Å². The molecule has 0 aliphatic carbocycles. The molecule has 0 rings (SSSR count). The summed E-state index contributed by atoms with van der Waals surface area (Å²) in [6.45, 7) is 9.49. The molecule has 37 heavy (non-hydrogen) atoms. The van der Waals surface area contributed by atoms with Gasteiger partial charge in [0.15, 0.2) is 0 Å². The molecule has 0 aliphatic heterocycles. The fourth-order valence-corrected chi connectivity index (χ4v) is 3.53. The minimum Gasteiger partial charge on any atom is -0.463 e. The Hall–Kier alpha value is -1.83. The van der Waals surface area contributed by atoms with Crippen LogP contribution in [0, 0.1) is 0 Å². The Bertz CT molecular complexity index is 531. The Kier molecular flexibility index (Phi) is 30.7. The molecule has 0 aliphatic rings. The highest BCUT2D eigenvalue weighted by Gasteiger charge is 2.16. The first-order chi connectivity index (χ1) is 17.9. The van der Waals surface area contributed by atoms with Gasteiger partial charge in [-0.3, -0.25) is 4.79 Å². The summed E-state index contributed by atoms with van der Waals surface area (Å²) in [5, 5.41) is 9.63. The lowest BCUT2D eigenvalue weighted by Crippen LogP contribution is -2.33. The number of nitrogens with one attached hydrogen (secondary N) is 1. The number of unbranched alkanes of at least 4 members (excludes halogenated alkanes) is 14. The van der Waals surface area contributed by atoms with E-state index in [-0.39, 0.29) is 12.5 Å². The summed E-state index contributed by atoms with van der Waals surface area (Å²) in [5.41, 5.74) is 2.71. The molecule has 0 heterocycles. The van der Waals surface area contributed by atoms with E-state index in [1.165, 1.54) is 57.8 Å². The third kappa shape index (κ3) is 30.3. The normalized spacial score (nSPS) is 10.4. The summed E-state index contributed by atoms with van der Waals surface area (Å²) < 4.78 is 0. The first-order valence-corrected chi connectivity index (χ1v) is 15.1. The number of hydrogen-bond acceptors (Lipinski definition) is 6. The van der Waals surface area contributed by atoms with E-state index in [0.717, 1.165) is 63.0 Å². The number of hydrogen-bond donors (Lipinski definition) is 2. The molecule has 1 amide bonds. The van der Waals surface area contributed by atoms with Crippen molar-refractivity contribution in [2.75, 3.05) is 13.1 Å². The Morgan fingerprint density at radius 3 is 1.49 bits per heavy atom. The molecule has 0 saturated carbocycles. The minimum atomic E-state index is -1.20. The monoisotopic (exact) mass is 530 g/mol. The van der Waals surface area contributed by atoms with Gasteiger partial charge in [-0.15, -0.1) is 5.06 Å². The largest absolute Gasteiger partial charge is 0.463 e. The molecule has 0 radical (unpaired) electrons. The molecule has 0 aromatic heterocycles. The van der Waals surface area contributed by atoms with Crippen LogP contribution >= 0.6 is 0 Å². The molecule has 0 fully saturated rings. The van der Waals surface area contributed by atoms with Gasteiger partial charge in [0.25, 0.3) is 0 Å². The van der Waals surface area contributed by atoms with Gasteiger partial charge in [0, 0.05) is 19.4 Å². The highest BCUT2D eigenvalue weighted by molar-refractivity contribution is 5.72. The van der Waals surface area contributed by atoms with Crippen LogP contribution in [-0.4, -0.2) is 41.3 Å². The highest BCUT2D eigenvalue weighted by Crippen LogP contribution is 2.10. The molecular weight excluding hydrogens is 472 g/mol. The van der Waals surface area contributed by atoms with E-state index in [1.807, 2.05) is 6.92 Å². The lowest BCUT2D eigenvalue weighted by Gasteiger charge is -2.17. The van der Waals surface area contributed by atoms with Crippen LogP contribution in [0.5, 0.6) is 0 Å². The van der Waals surface area contributed by atoms with Crippen molar-refractivity contribution in [2.24, 2.45) is 0 Å². The summed E-state index contributed by atoms with van der Waals surface area (Å²) in [7, 11) is 0. The smallest absolute Gasteiger partial charge is 0.440 e. The van der Waals surface area contributed by atoms with E-state index >= 15 is 0 Å². The quantitative estimate of drug-likeness (QED) is 0.101. The minimum absolute atomic E-state index is 0.116. The van der Waals surface area contributed by atoms with Gasteiger partial charge in [-0.25, -0.2) is 9.59 Å². The van der Waals surface area contributed by atoms with Gasteiger partial charge in [-0.2, -0.15) is 5.48 Å². The Labute approximate surface area is 227 Å². The molecule has 0 atom stereocenters. The van der Waals surface area contributed by atoms with Crippen molar-refractivity contribution in [3.63, 3.8) is 0 Å². The van der Waals surface area contributed by atoms with Crippen molar-refractivity contribution >= 4 is 18.0 Å². The average molecular weight is 531 g/mol. The van der Waals surface area contributed by atoms with Crippen molar-refractivity contribution < 1.29 is 29.2 Å². The van der Waals surface area contributed by atoms with E-state index in [9.17, 15) is 14.4 Å². The maximum absolute atomic E-state index is 11.5. The number of carboxylic acid groups (broad SMARTS) is 1. The van der Waals surface area contributed by atoms with Gasteiger partial charge in [0.1, 0.15) is 0 Å². The lowest BCUT2D eigenvalue weighted by atomic mass is 10.1. The zero-order valence-electron chi connectivity index (χ0n) is 24.5. The molecule has 0 unspecified atom stereocenters.